The first kappa shape index (κ1) is 18.8. The molecular formula is C23H22N2O4. The Morgan fingerprint density at radius 1 is 1.03 bits per heavy atom. The Labute approximate surface area is 168 Å². The highest BCUT2D eigenvalue weighted by Gasteiger charge is 2.46. The van der Waals surface area contributed by atoms with E-state index in [1.54, 1.807) is 6.07 Å². The van der Waals surface area contributed by atoms with Gasteiger partial charge in [0, 0.05) is 16.5 Å². The lowest BCUT2D eigenvalue weighted by atomic mass is 9.76. The minimum absolute atomic E-state index is 0.240. The zero-order valence-electron chi connectivity index (χ0n) is 15.9. The van der Waals surface area contributed by atoms with Crippen molar-refractivity contribution in [2.24, 2.45) is 0 Å². The van der Waals surface area contributed by atoms with Gasteiger partial charge in [-0.2, -0.15) is 0 Å². The van der Waals surface area contributed by atoms with Crippen LogP contribution < -0.4 is 15.8 Å². The first-order valence-electron chi connectivity index (χ1n) is 9.54. The van der Waals surface area contributed by atoms with Crippen molar-refractivity contribution >= 4 is 28.3 Å². The van der Waals surface area contributed by atoms with E-state index in [4.69, 9.17) is 10.5 Å². The van der Waals surface area contributed by atoms with Crippen molar-refractivity contribution in [2.75, 3.05) is 5.73 Å². The first-order chi connectivity index (χ1) is 14.0. The van der Waals surface area contributed by atoms with Crippen LogP contribution in [0.15, 0.2) is 60.7 Å². The molecule has 1 fully saturated rings. The van der Waals surface area contributed by atoms with E-state index in [0.29, 0.717) is 29.7 Å². The maximum atomic E-state index is 13.1. The molecule has 0 aromatic heterocycles. The summed E-state index contributed by atoms with van der Waals surface area (Å²) in [7, 11) is 0. The number of nitrogens with one attached hydrogen (secondary N) is 1. The molecule has 1 aliphatic rings. The van der Waals surface area contributed by atoms with Crippen molar-refractivity contribution in [3.8, 4) is 5.75 Å². The van der Waals surface area contributed by atoms with E-state index in [0.717, 1.165) is 17.4 Å². The second kappa shape index (κ2) is 7.47. The van der Waals surface area contributed by atoms with E-state index in [1.165, 1.54) is 0 Å². The average molecular weight is 390 g/mol. The van der Waals surface area contributed by atoms with Crippen LogP contribution in [-0.4, -0.2) is 22.5 Å². The Balaban J connectivity index is 1.73. The largest absolute Gasteiger partial charge is 0.487 e. The maximum Gasteiger partial charge on any atom is 0.329 e. The smallest absolute Gasteiger partial charge is 0.329 e. The number of ether oxygens (including phenoxy) is 1. The number of benzene rings is 3. The molecule has 0 saturated heterocycles. The lowest BCUT2D eigenvalue weighted by molar-refractivity contribution is -0.148. The van der Waals surface area contributed by atoms with Crippen LogP contribution in [0, 0.1) is 0 Å². The van der Waals surface area contributed by atoms with E-state index >= 15 is 0 Å². The van der Waals surface area contributed by atoms with Crippen LogP contribution in [0.5, 0.6) is 5.75 Å². The van der Waals surface area contributed by atoms with Crippen molar-refractivity contribution in [3.05, 3.63) is 71.8 Å². The average Bonchev–Trinajstić information content (AvgIpc) is 2.70. The van der Waals surface area contributed by atoms with Crippen molar-refractivity contribution < 1.29 is 19.4 Å². The van der Waals surface area contributed by atoms with Crippen LogP contribution in [-0.2, 0) is 11.4 Å². The highest BCUT2D eigenvalue weighted by molar-refractivity contribution is 6.09. The van der Waals surface area contributed by atoms with Gasteiger partial charge in [0.25, 0.3) is 5.91 Å². The molecule has 0 radical (unpaired) electrons. The topological polar surface area (TPSA) is 102 Å². The molecule has 6 nitrogen and oxygen atoms in total. The Kier molecular flexibility index (Phi) is 4.84. The molecule has 0 spiro atoms. The lowest BCUT2D eigenvalue weighted by Gasteiger charge is -2.38. The Bertz CT molecular complexity index is 1070. The van der Waals surface area contributed by atoms with Gasteiger partial charge in [-0.05, 0) is 30.9 Å². The predicted molar refractivity (Wildman–Crippen MR) is 111 cm³/mol. The molecule has 29 heavy (non-hydrogen) atoms. The summed E-state index contributed by atoms with van der Waals surface area (Å²) in [5.74, 6) is -1.11. The maximum absolute atomic E-state index is 13.1. The minimum atomic E-state index is -1.21. The van der Waals surface area contributed by atoms with Crippen molar-refractivity contribution in [2.45, 2.75) is 31.4 Å². The zero-order chi connectivity index (χ0) is 20.4. The summed E-state index contributed by atoms with van der Waals surface area (Å²) in [5, 5.41) is 13.8. The standard InChI is InChI=1S/C23H22N2O4/c24-19-13-18(21(26)25-23(22(27)28)11-6-12-23)20(17-10-5-4-9-16(17)19)29-14-15-7-2-1-3-8-15/h1-5,7-10,13H,6,11-12,14,24H2,(H,25,26)(H,27,28). The summed E-state index contributed by atoms with van der Waals surface area (Å²) in [4.78, 5) is 24.8. The Hall–Kier alpha value is -3.54. The lowest BCUT2D eigenvalue weighted by Crippen LogP contribution is -2.59. The number of fused-ring (bicyclic) bond motifs is 1. The summed E-state index contributed by atoms with van der Waals surface area (Å²) < 4.78 is 6.08. The van der Waals surface area contributed by atoms with Gasteiger partial charge in [-0.1, -0.05) is 54.6 Å². The number of hydrogen-bond acceptors (Lipinski definition) is 4. The molecule has 6 heteroatoms. The Morgan fingerprint density at radius 3 is 2.31 bits per heavy atom. The number of carbonyl (C=O) groups excluding carboxylic acids is 1. The van der Waals surface area contributed by atoms with E-state index in [9.17, 15) is 14.7 Å². The van der Waals surface area contributed by atoms with E-state index in [1.807, 2.05) is 54.6 Å². The van der Waals surface area contributed by atoms with E-state index in [2.05, 4.69) is 5.32 Å². The molecule has 3 aromatic carbocycles. The van der Waals surface area contributed by atoms with Crippen molar-refractivity contribution in [1.29, 1.82) is 0 Å². The molecule has 1 aliphatic carbocycles. The highest BCUT2D eigenvalue weighted by atomic mass is 16.5. The van der Waals surface area contributed by atoms with Gasteiger partial charge in [-0.25, -0.2) is 4.79 Å². The molecule has 4 N–H and O–H groups in total. The summed E-state index contributed by atoms with van der Waals surface area (Å²) >= 11 is 0. The minimum Gasteiger partial charge on any atom is -0.487 e. The fourth-order valence-corrected chi connectivity index (χ4v) is 3.64. The number of rotatable bonds is 6. The summed E-state index contributed by atoms with van der Waals surface area (Å²) in [6, 6.07) is 18.6. The summed E-state index contributed by atoms with van der Waals surface area (Å²) in [5.41, 5.74) is 6.62. The van der Waals surface area contributed by atoms with E-state index in [-0.39, 0.29) is 12.2 Å². The molecular weight excluding hydrogens is 368 g/mol. The van der Waals surface area contributed by atoms with Gasteiger partial charge in [-0.15, -0.1) is 0 Å². The normalized spacial score (nSPS) is 14.8. The quantitative estimate of drug-likeness (QED) is 0.557. The summed E-state index contributed by atoms with van der Waals surface area (Å²) in [6.07, 6.45) is 1.60. The van der Waals surface area contributed by atoms with Gasteiger partial charge in [0.2, 0.25) is 0 Å². The highest BCUT2D eigenvalue weighted by Crippen LogP contribution is 2.37. The molecule has 4 rings (SSSR count). The molecule has 0 unspecified atom stereocenters. The SMILES string of the molecule is Nc1cc(C(=O)NC2(C(=O)O)CCC2)c(OCc2ccccc2)c2ccccc12. The number of carbonyl (C=O) groups is 2. The van der Waals surface area contributed by atoms with Gasteiger partial charge in [0.1, 0.15) is 17.9 Å². The molecule has 3 aromatic rings. The third-order valence-electron chi connectivity index (χ3n) is 5.47. The molecule has 1 amide bonds. The van der Waals surface area contributed by atoms with E-state index < -0.39 is 17.4 Å². The van der Waals surface area contributed by atoms with Gasteiger partial charge in [-0.3, -0.25) is 4.79 Å². The third-order valence-corrected chi connectivity index (χ3v) is 5.47. The number of nitrogen functional groups attached to an aromatic ring is 1. The Morgan fingerprint density at radius 2 is 1.69 bits per heavy atom. The molecule has 0 bridgehead atoms. The summed E-state index contributed by atoms with van der Waals surface area (Å²) in [6.45, 7) is 0.277. The number of hydrogen-bond donors (Lipinski definition) is 3. The van der Waals surface area contributed by atoms with Gasteiger partial charge in [0.15, 0.2) is 0 Å². The molecule has 0 heterocycles. The molecule has 148 valence electrons. The van der Waals surface area contributed by atoms with Crippen LogP contribution in [0.3, 0.4) is 0 Å². The van der Waals surface area contributed by atoms with Crippen molar-refractivity contribution in [1.82, 2.24) is 5.32 Å². The first-order valence-corrected chi connectivity index (χ1v) is 9.54. The van der Waals surface area contributed by atoms with Crippen LogP contribution in [0.1, 0.15) is 35.2 Å². The van der Waals surface area contributed by atoms with Crippen LogP contribution >= 0.6 is 0 Å². The van der Waals surface area contributed by atoms with Crippen LogP contribution in [0.25, 0.3) is 10.8 Å². The number of carboxylic acid groups (broad SMARTS) is 1. The van der Waals surface area contributed by atoms with Crippen LogP contribution in [0.4, 0.5) is 5.69 Å². The van der Waals surface area contributed by atoms with Crippen LogP contribution in [0.2, 0.25) is 0 Å². The van der Waals surface area contributed by atoms with Gasteiger partial charge < -0.3 is 20.9 Å². The number of anilines is 1. The van der Waals surface area contributed by atoms with Gasteiger partial charge >= 0.3 is 5.97 Å². The predicted octanol–water partition coefficient (Wildman–Crippen LogP) is 3.74. The second-order valence-corrected chi connectivity index (χ2v) is 7.36. The molecule has 0 atom stereocenters. The molecule has 1 saturated carbocycles. The zero-order valence-corrected chi connectivity index (χ0v) is 15.9. The van der Waals surface area contributed by atoms with Gasteiger partial charge in [0.05, 0.1) is 5.56 Å². The monoisotopic (exact) mass is 390 g/mol. The number of aliphatic carboxylic acids is 1. The van der Waals surface area contributed by atoms with Crippen molar-refractivity contribution in [3.63, 3.8) is 0 Å². The molecule has 0 aliphatic heterocycles. The number of amides is 1. The third kappa shape index (κ3) is 3.49. The second-order valence-electron chi connectivity index (χ2n) is 7.36. The fourth-order valence-electron chi connectivity index (χ4n) is 3.64. The fraction of sp³-hybridized carbons (Fsp3) is 0.217. The number of carboxylic acids is 1. The number of nitrogens with two attached hydrogens (primary N) is 1.